The van der Waals surface area contributed by atoms with Crippen LogP contribution in [0, 0.1) is 17.8 Å². The van der Waals surface area contributed by atoms with Crippen LogP contribution in [0.15, 0.2) is 0 Å². The van der Waals surface area contributed by atoms with Crippen LogP contribution in [0.1, 0.15) is 46.0 Å². The molecule has 1 aliphatic carbocycles. The number of ether oxygens (including phenoxy) is 2. The molecule has 2 unspecified atom stereocenters. The molecule has 1 saturated carbocycles. The van der Waals surface area contributed by atoms with Crippen molar-refractivity contribution in [3.05, 3.63) is 0 Å². The van der Waals surface area contributed by atoms with Crippen LogP contribution < -0.4 is 0 Å². The van der Waals surface area contributed by atoms with Crippen molar-refractivity contribution in [3.8, 4) is 12.3 Å². The molecule has 0 heterocycles. The van der Waals surface area contributed by atoms with Gasteiger partial charge in [-0.1, -0.05) is 5.92 Å². The van der Waals surface area contributed by atoms with Crippen LogP contribution in [-0.4, -0.2) is 30.4 Å². The molecule has 0 N–H and O–H groups in total. The van der Waals surface area contributed by atoms with Gasteiger partial charge in [-0.05, 0) is 32.6 Å². The van der Waals surface area contributed by atoms with E-state index < -0.39 is 23.5 Å². The molecule has 5 heteroatoms. The van der Waals surface area contributed by atoms with E-state index >= 15 is 0 Å². The van der Waals surface area contributed by atoms with Gasteiger partial charge in [0.1, 0.15) is 11.2 Å². The third kappa shape index (κ3) is 3.60. The van der Waals surface area contributed by atoms with Crippen molar-refractivity contribution in [3.63, 3.8) is 0 Å². The molecule has 1 aliphatic rings. The predicted molar refractivity (Wildman–Crippen MR) is 71.5 cm³/mol. The smallest absolute Gasteiger partial charge is 0.319 e. The predicted octanol–water partition coefficient (Wildman–Crippen LogP) is 1.63. The highest BCUT2D eigenvalue weighted by Crippen LogP contribution is 2.40. The third-order valence-corrected chi connectivity index (χ3v) is 3.53. The molecule has 0 radical (unpaired) electrons. The molecule has 1 fully saturated rings. The largest absolute Gasteiger partial charge is 0.465 e. The summed E-state index contributed by atoms with van der Waals surface area (Å²) < 4.78 is 9.97. The van der Waals surface area contributed by atoms with Crippen molar-refractivity contribution < 1.29 is 23.9 Å². The standard InChI is InChI=1S/C15H20O5/c1-4-12(20-11(3)16)8-10-15(14(18)19-5-2)9-6-7-13(15)17/h1,12H,5-10H2,2-3H3. The topological polar surface area (TPSA) is 69.7 Å². The second-order valence-electron chi connectivity index (χ2n) is 4.88. The van der Waals surface area contributed by atoms with Crippen molar-refractivity contribution in [2.24, 2.45) is 5.41 Å². The molecule has 20 heavy (non-hydrogen) atoms. The zero-order chi connectivity index (χ0) is 15.2. The minimum Gasteiger partial charge on any atom is -0.465 e. The first-order valence-corrected chi connectivity index (χ1v) is 6.80. The third-order valence-electron chi connectivity index (χ3n) is 3.53. The molecule has 0 aliphatic heterocycles. The molecule has 2 atom stereocenters. The molecule has 0 aromatic heterocycles. The second-order valence-corrected chi connectivity index (χ2v) is 4.88. The number of Topliss-reactive ketones (excluding diaryl/α,β-unsaturated/α-hetero) is 1. The Kier molecular flexibility index (Phi) is 5.75. The SMILES string of the molecule is C#CC(CCC1(C(=O)OCC)CCCC1=O)OC(C)=O. The first-order chi connectivity index (χ1) is 9.46. The summed E-state index contributed by atoms with van der Waals surface area (Å²) in [5, 5.41) is 0. The molecular weight excluding hydrogens is 260 g/mol. The first kappa shape index (κ1) is 16.2. The summed E-state index contributed by atoms with van der Waals surface area (Å²) in [6.07, 6.45) is 6.64. The monoisotopic (exact) mass is 280 g/mol. The van der Waals surface area contributed by atoms with E-state index in [2.05, 4.69) is 5.92 Å². The summed E-state index contributed by atoms with van der Waals surface area (Å²) in [6.45, 7) is 3.21. The van der Waals surface area contributed by atoms with E-state index in [4.69, 9.17) is 15.9 Å². The minimum absolute atomic E-state index is 0.102. The van der Waals surface area contributed by atoms with E-state index in [9.17, 15) is 14.4 Å². The molecule has 0 amide bonds. The van der Waals surface area contributed by atoms with Crippen molar-refractivity contribution in [1.82, 2.24) is 0 Å². The van der Waals surface area contributed by atoms with Gasteiger partial charge in [-0.2, -0.15) is 0 Å². The van der Waals surface area contributed by atoms with Crippen LogP contribution in [-0.2, 0) is 23.9 Å². The molecule has 0 aromatic carbocycles. The van der Waals surface area contributed by atoms with E-state index in [1.165, 1.54) is 6.92 Å². The Morgan fingerprint density at radius 2 is 2.20 bits per heavy atom. The molecule has 0 aromatic rings. The van der Waals surface area contributed by atoms with Gasteiger partial charge >= 0.3 is 11.9 Å². The average Bonchev–Trinajstić information content (AvgIpc) is 2.77. The maximum Gasteiger partial charge on any atom is 0.319 e. The Balaban J connectivity index is 2.76. The number of hydrogen-bond acceptors (Lipinski definition) is 5. The van der Waals surface area contributed by atoms with Crippen molar-refractivity contribution >= 4 is 17.7 Å². The molecular formula is C15H20O5. The lowest BCUT2D eigenvalue weighted by molar-refractivity contribution is -0.159. The maximum atomic E-state index is 12.1. The van der Waals surface area contributed by atoms with Crippen LogP contribution in [0.2, 0.25) is 0 Å². The Hall–Kier alpha value is -1.83. The Morgan fingerprint density at radius 3 is 2.65 bits per heavy atom. The minimum atomic E-state index is -1.11. The van der Waals surface area contributed by atoms with Gasteiger partial charge < -0.3 is 9.47 Å². The highest BCUT2D eigenvalue weighted by Gasteiger charge is 2.49. The molecule has 0 bridgehead atoms. The molecule has 110 valence electrons. The summed E-state index contributed by atoms with van der Waals surface area (Å²) in [5.74, 6) is 1.29. The first-order valence-electron chi connectivity index (χ1n) is 6.80. The van der Waals surface area contributed by atoms with Crippen LogP contribution in [0.25, 0.3) is 0 Å². The fraction of sp³-hybridized carbons (Fsp3) is 0.667. The average molecular weight is 280 g/mol. The number of ketones is 1. The van der Waals surface area contributed by atoms with Gasteiger partial charge in [-0.15, -0.1) is 6.42 Å². The van der Waals surface area contributed by atoms with Crippen LogP contribution in [0.4, 0.5) is 0 Å². The fourth-order valence-corrected chi connectivity index (χ4v) is 2.54. The lowest BCUT2D eigenvalue weighted by Crippen LogP contribution is -2.38. The van der Waals surface area contributed by atoms with Gasteiger partial charge in [0.15, 0.2) is 6.10 Å². The molecule has 0 spiro atoms. The lowest BCUT2D eigenvalue weighted by atomic mass is 9.80. The molecule has 5 nitrogen and oxygen atoms in total. The van der Waals surface area contributed by atoms with Gasteiger partial charge in [0.05, 0.1) is 6.61 Å². The van der Waals surface area contributed by atoms with Crippen LogP contribution in [0.3, 0.4) is 0 Å². The maximum absolute atomic E-state index is 12.1. The molecule has 1 rings (SSSR count). The number of esters is 2. The number of carbonyl (C=O) groups is 3. The lowest BCUT2D eigenvalue weighted by Gasteiger charge is -2.25. The normalized spacial score (nSPS) is 22.9. The number of carbonyl (C=O) groups excluding carboxylic acids is 3. The highest BCUT2D eigenvalue weighted by atomic mass is 16.5. The number of rotatable bonds is 6. The zero-order valence-corrected chi connectivity index (χ0v) is 11.9. The second kappa shape index (κ2) is 7.09. The van der Waals surface area contributed by atoms with Crippen molar-refractivity contribution in [1.29, 1.82) is 0 Å². The van der Waals surface area contributed by atoms with E-state index in [1.807, 2.05) is 0 Å². The van der Waals surface area contributed by atoms with Gasteiger partial charge in [0, 0.05) is 13.3 Å². The summed E-state index contributed by atoms with van der Waals surface area (Å²) in [5.41, 5.74) is -1.11. The summed E-state index contributed by atoms with van der Waals surface area (Å²) >= 11 is 0. The van der Waals surface area contributed by atoms with Gasteiger partial charge in [0.25, 0.3) is 0 Å². The Bertz CT molecular complexity index is 434. The summed E-state index contributed by atoms with van der Waals surface area (Å²) in [4.78, 5) is 35.1. The van der Waals surface area contributed by atoms with Gasteiger partial charge in [-0.3, -0.25) is 14.4 Å². The number of hydrogen-bond donors (Lipinski definition) is 0. The molecule has 0 saturated heterocycles. The van der Waals surface area contributed by atoms with E-state index in [0.29, 0.717) is 19.3 Å². The van der Waals surface area contributed by atoms with Crippen LogP contribution >= 0.6 is 0 Å². The summed E-state index contributed by atoms with van der Waals surface area (Å²) in [7, 11) is 0. The van der Waals surface area contributed by atoms with E-state index in [1.54, 1.807) is 6.92 Å². The van der Waals surface area contributed by atoms with Crippen molar-refractivity contribution in [2.45, 2.75) is 52.1 Å². The summed E-state index contributed by atoms with van der Waals surface area (Å²) in [6, 6.07) is 0. The van der Waals surface area contributed by atoms with Gasteiger partial charge in [-0.25, -0.2) is 0 Å². The van der Waals surface area contributed by atoms with Gasteiger partial charge in [0.2, 0.25) is 0 Å². The fourth-order valence-electron chi connectivity index (χ4n) is 2.54. The Labute approximate surface area is 119 Å². The zero-order valence-electron chi connectivity index (χ0n) is 11.9. The van der Waals surface area contributed by atoms with E-state index in [-0.39, 0.29) is 25.2 Å². The Morgan fingerprint density at radius 1 is 1.50 bits per heavy atom. The van der Waals surface area contributed by atoms with Crippen molar-refractivity contribution in [2.75, 3.05) is 6.61 Å². The quantitative estimate of drug-likeness (QED) is 0.420. The van der Waals surface area contributed by atoms with Crippen LogP contribution in [0.5, 0.6) is 0 Å². The highest BCUT2D eigenvalue weighted by molar-refractivity contribution is 6.05. The van der Waals surface area contributed by atoms with E-state index in [0.717, 1.165) is 0 Å². The number of terminal acetylenes is 1.